The normalized spacial score (nSPS) is 10.9. The van der Waals surface area contributed by atoms with Crippen LogP contribution in [0.5, 0.6) is 0 Å². The van der Waals surface area contributed by atoms with Gasteiger partial charge in [0.2, 0.25) is 0 Å². The van der Waals surface area contributed by atoms with Crippen molar-refractivity contribution in [3.63, 3.8) is 0 Å². The molecule has 1 N–H and O–H groups in total. The van der Waals surface area contributed by atoms with Gasteiger partial charge >= 0.3 is 0 Å². The van der Waals surface area contributed by atoms with Gasteiger partial charge in [-0.1, -0.05) is 26.0 Å². The first-order chi connectivity index (χ1) is 12.0. The number of thiocarbonyl (C=S) groups is 1. The van der Waals surface area contributed by atoms with Crippen LogP contribution in [0.25, 0.3) is 0 Å². The summed E-state index contributed by atoms with van der Waals surface area (Å²) in [5.74, 6) is 0. The predicted molar refractivity (Wildman–Crippen MR) is 115 cm³/mol. The number of benzene rings is 1. The Hall–Kier alpha value is -1.43. The third kappa shape index (κ3) is 6.10. The number of anilines is 1. The van der Waals surface area contributed by atoms with Gasteiger partial charge < -0.3 is 15.1 Å². The van der Waals surface area contributed by atoms with E-state index >= 15 is 0 Å². The molecule has 1 aromatic carbocycles. The Morgan fingerprint density at radius 1 is 1.08 bits per heavy atom. The lowest BCUT2D eigenvalue weighted by Crippen LogP contribution is -2.40. The summed E-state index contributed by atoms with van der Waals surface area (Å²) >= 11 is 7.51. The average molecular weight is 376 g/mol. The minimum absolute atomic E-state index is 0.795. The van der Waals surface area contributed by atoms with E-state index in [0.717, 1.165) is 43.5 Å². The monoisotopic (exact) mass is 375 g/mol. The zero-order valence-electron chi connectivity index (χ0n) is 15.7. The van der Waals surface area contributed by atoms with Gasteiger partial charge in [-0.25, -0.2) is 0 Å². The maximum atomic E-state index is 5.73. The van der Waals surface area contributed by atoms with Gasteiger partial charge in [-0.05, 0) is 73.9 Å². The lowest BCUT2D eigenvalue weighted by molar-refractivity contribution is 0.267. The Bertz CT molecular complexity index is 664. The van der Waals surface area contributed by atoms with Crippen molar-refractivity contribution in [2.75, 3.05) is 31.5 Å². The van der Waals surface area contributed by atoms with Gasteiger partial charge in [0, 0.05) is 23.7 Å². The number of nitrogens with zero attached hydrogens (tertiary/aromatic N) is 2. The molecular formula is C20H29N3S2. The molecule has 0 unspecified atom stereocenters. The van der Waals surface area contributed by atoms with Crippen LogP contribution in [-0.4, -0.2) is 41.1 Å². The first-order valence-electron chi connectivity index (χ1n) is 8.91. The Labute approximate surface area is 161 Å². The first-order valence-corrected chi connectivity index (χ1v) is 10.2. The second-order valence-corrected chi connectivity index (χ2v) is 7.68. The molecule has 0 saturated carbocycles. The van der Waals surface area contributed by atoms with Gasteiger partial charge in [0.25, 0.3) is 0 Å². The van der Waals surface area contributed by atoms with Crippen molar-refractivity contribution in [1.82, 2.24) is 9.80 Å². The molecular weight excluding hydrogens is 346 g/mol. The van der Waals surface area contributed by atoms with E-state index in [1.807, 2.05) is 0 Å². The van der Waals surface area contributed by atoms with E-state index in [1.165, 1.54) is 16.0 Å². The van der Waals surface area contributed by atoms with Crippen molar-refractivity contribution >= 4 is 34.4 Å². The highest BCUT2D eigenvalue weighted by atomic mass is 32.1. The van der Waals surface area contributed by atoms with E-state index in [4.69, 9.17) is 12.2 Å². The summed E-state index contributed by atoms with van der Waals surface area (Å²) in [6.45, 7) is 13.6. The molecule has 0 radical (unpaired) electrons. The number of aryl methyl sites for hydroxylation is 2. The molecule has 1 heterocycles. The van der Waals surface area contributed by atoms with Crippen LogP contribution in [0.1, 0.15) is 29.9 Å². The van der Waals surface area contributed by atoms with Crippen LogP contribution in [-0.2, 0) is 6.54 Å². The smallest absolute Gasteiger partial charge is 0.173 e. The highest BCUT2D eigenvalue weighted by molar-refractivity contribution is 7.80. The molecule has 2 aromatic rings. The number of nitrogens with one attached hydrogen (secondary N) is 1. The predicted octanol–water partition coefficient (Wildman–Crippen LogP) is 4.91. The molecule has 2 rings (SSSR count). The Morgan fingerprint density at radius 3 is 2.44 bits per heavy atom. The van der Waals surface area contributed by atoms with Gasteiger partial charge in [0.15, 0.2) is 5.11 Å². The summed E-state index contributed by atoms with van der Waals surface area (Å²) in [6.07, 6.45) is 0. The quantitative estimate of drug-likeness (QED) is 0.661. The molecule has 0 spiro atoms. The van der Waals surface area contributed by atoms with Crippen LogP contribution in [0.3, 0.4) is 0 Å². The number of likely N-dealkylation sites (N-methyl/N-ethyl adjacent to an activating group) is 1. The fourth-order valence-electron chi connectivity index (χ4n) is 2.67. The maximum absolute atomic E-state index is 5.73. The molecule has 136 valence electrons. The summed E-state index contributed by atoms with van der Waals surface area (Å²) in [7, 11) is 0. The van der Waals surface area contributed by atoms with Crippen molar-refractivity contribution in [1.29, 1.82) is 0 Å². The summed E-state index contributed by atoms with van der Waals surface area (Å²) < 4.78 is 0. The van der Waals surface area contributed by atoms with Crippen LogP contribution >= 0.6 is 23.6 Å². The minimum Gasteiger partial charge on any atom is -0.343 e. The van der Waals surface area contributed by atoms with Crippen LogP contribution in [0.4, 0.5) is 5.69 Å². The standard InChI is InChI=1S/C20H29N3S2/c1-5-22(6-2)11-12-23(15-19-8-7-13-25-19)20(24)21-18-10-9-16(3)17(4)14-18/h7-10,13-14H,5-6,11-12,15H2,1-4H3,(H,21,24). The molecule has 0 aliphatic heterocycles. The zero-order chi connectivity index (χ0) is 18.2. The third-order valence-corrected chi connectivity index (χ3v) is 5.77. The second kappa shape index (κ2) is 9.90. The molecule has 0 atom stereocenters. The van der Waals surface area contributed by atoms with Crippen molar-refractivity contribution in [3.05, 3.63) is 51.7 Å². The van der Waals surface area contributed by atoms with Crippen LogP contribution in [0.15, 0.2) is 35.7 Å². The minimum atomic E-state index is 0.795. The van der Waals surface area contributed by atoms with Crippen LogP contribution < -0.4 is 5.32 Å². The average Bonchev–Trinajstić information content (AvgIpc) is 3.11. The van der Waals surface area contributed by atoms with Gasteiger partial charge in [-0.15, -0.1) is 11.3 Å². The number of hydrogen-bond acceptors (Lipinski definition) is 3. The molecule has 0 amide bonds. The zero-order valence-corrected chi connectivity index (χ0v) is 17.3. The van der Waals surface area contributed by atoms with Gasteiger partial charge in [0.05, 0.1) is 6.54 Å². The van der Waals surface area contributed by atoms with E-state index in [1.54, 1.807) is 11.3 Å². The Kier molecular flexibility index (Phi) is 7.88. The Balaban J connectivity index is 2.06. The second-order valence-electron chi connectivity index (χ2n) is 6.26. The molecule has 1 aromatic heterocycles. The molecule has 0 bridgehead atoms. The molecule has 0 saturated heterocycles. The lowest BCUT2D eigenvalue weighted by Gasteiger charge is -2.28. The van der Waals surface area contributed by atoms with Crippen molar-refractivity contribution < 1.29 is 0 Å². The third-order valence-electron chi connectivity index (χ3n) is 4.55. The number of thiophene rings is 1. The molecule has 25 heavy (non-hydrogen) atoms. The fourth-order valence-corrected chi connectivity index (χ4v) is 3.66. The SMILES string of the molecule is CCN(CC)CCN(Cc1cccs1)C(=S)Nc1ccc(C)c(C)c1. The van der Waals surface area contributed by atoms with E-state index in [0.29, 0.717) is 0 Å². The van der Waals surface area contributed by atoms with E-state index < -0.39 is 0 Å². The number of hydrogen-bond donors (Lipinski definition) is 1. The summed E-state index contributed by atoms with van der Waals surface area (Å²) in [5.41, 5.74) is 3.64. The van der Waals surface area contributed by atoms with Gasteiger partial charge in [-0.2, -0.15) is 0 Å². The summed E-state index contributed by atoms with van der Waals surface area (Å²) in [4.78, 5) is 6.04. The fraction of sp³-hybridized carbons (Fsp3) is 0.450. The summed E-state index contributed by atoms with van der Waals surface area (Å²) in [5, 5.41) is 6.34. The van der Waals surface area contributed by atoms with Crippen LogP contribution in [0.2, 0.25) is 0 Å². The highest BCUT2D eigenvalue weighted by Crippen LogP contribution is 2.17. The molecule has 0 aliphatic carbocycles. The van der Waals surface area contributed by atoms with E-state index in [-0.39, 0.29) is 0 Å². The van der Waals surface area contributed by atoms with Crippen molar-refractivity contribution in [3.8, 4) is 0 Å². The number of rotatable bonds is 8. The molecule has 0 fully saturated rings. The van der Waals surface area contributed by atoms with Crippen molar-refractivity contribution in [2.45, 2.75) is 34.2 Å². The highest BCUT2D eigenvalue weighted by Gasteiger charge is 2.13. The summed E-state index contributed by atoms with van der Waals surface area (Å²) in [6, 6.07) is 10.7. The Morgan fingerprint density at radius 2 is 1.84 bits per heavy atom. The van der Waals surface area contributed by atoms with Gasteiger partial charge in [0.1, 0.15) is 0 Å². The molecule has 0 aliphatic rings. The van der Waals surface area contributed by atoms with Crippen LogP contribution in [0, 0.1) is 13.8 Å². The molecule has 5 heteroatoms. The van der Waals surface area contributed by atoms with E-state index in [2.05, 4.69) is 78.5 Å². The maximum Gasteiger partial charge on any atom is 0.173 e. The lowest BCUT2D eigenvalue weighted by atomic mass is 10.1. The molecule has 3 nitrogen and oxygen atoms in total. The van der Waals surface area contributed by atoms with Gasteiger partial charge in [-0.3, -0.25) is 0 Å². The van der Waals surface area contributed by atoms with E-state index in [9.17, 15) is 0 Å². The topological polar surface area (TPSA) is 18.5 Å². The first kappa shape index (κ1) is 19.9. The van der Waals surface area contributed by atoms with Crippen molar-refractivity contribution in [2.24, 2.45) is 0 Å². The largest absolute Gasteiger partial charge is 0.343 e.